The number of carbonyl (C=O) groups is 4. The van der Waals surface area contributed by atoms with Gasteiger partial charge in [-0.25, -0.2) is 28.7 Å². The number of amides is 4. The molecule has 1 spiro atoms. The minimum atomic E-state index is -4.67. The number of rotatable bonds is 12. The Bertz CT molecular complexity index is 3240. The number of piperidine rings is 2. The van der Waals surface area contributed by atoms with Gasteiger partial charge in [-0.3, -0.25) is 28.8 Å². The number of nitrogens with one attached hydrogen (secondary N) is 4. The van der Waals surface area contributed by atoms with Crippen LogP contribution in [0.2, 0.25) is 0 Å². The summed E-state index contributed by atoms with van der Waals surface area (Å²) in [6.45, 7) is 7.70. The average molecular weight is 1000 g/mol. The lowest BCUT2D eigenvalue weighted by Gasteiger charge is -2.53. The molecule has 22 heteroatoms. The number of pyridine rings is 1. The number of hydrogen-bond acceptors (Lipinski definition) is 14. The van der Waals surface area contributed by atoms with E-state index in [0.717, 1.165) is 74.8 Å². The molecule has 4 aliphatic rings. The van der Waals surface area contributed by atoms with E-state index in [-0.39, 0.29) is 47.5 Å². The van der Waals surface area contributed by atoms with Gasteiger partial charge in [0.1, 0.15) is 23.0 Å². The number of anilines is 2. The molecule has 2 atom stereocenters. The van der Waals surface area contributed by atoms with Crippen LogP contribution in [0.15, 0.2) is 88.9 Å². The summed E-state index contributed by atoms with van der Waals surface area (Å²) in [5.41, 5.74) is 3.82. The average Bonchev–Trinajstić information content (AvgIpc) is 4.07. The molecule has 6 aromatic rings. The summed E-state index contributed by atoms with van der Waals surface area (Å²) < 4.78 is 46.8. The van der Waals surface area contributed by atoms with Gasteiger partial charge in [0.15, 0.2) is 6.23 Å². The van der Waals surface area contributed by atoms with Crippen molar-refractivity contribution >= 4 is 56.2 Å². The highest BCUT2D eigenvalue weighted by Crippen LogP contribution is 2.50. The van der Waals surface area contributed by atoms with Gasteiger partial charge in [0.2, 0.25) is 16.8 Å². The summed E-state index contributed by atoms with van der Waals surface area (Å²) >= 11 is 0. The van der Waals surface area contributed by atoms with Crippen LogP contribution in [0.3, 0.4) is 0 Å². The molecule has 0 bridgehead atoms. The van der Waals surface area contributed by atoms with Crippen molar-refractivity contribution in [1.82, 2.24) is 49.0 Å². The van der Waals surface area contributed by atoms with E-state index in [4.69, 9.17) is 9.47 Å². The number of hydrogen-bond donors (Lipinski definition) is 4. The molecule has 4 N–H and O–H groups in total. The summed E-state index contributed by atoms with van der Waals surface area (Å²) in [6.07, 6.45) is 8.84. The Labute approximate surface area is 415 Å². The van der Waals surface area contributed by atoms with Crippen LogP contribution in [0.25, 0.3) is 28.1 Å². The molecular weight excluding hydrogens is 945 g/mol. The molecule has 7 heterocycles. The largest absolute Gasteiger partial charge is 0.443 e. The first-order valence-electron chi connectivity index (χ1n) is 24.3. The normalized spacial score (nSPS) is 19.5. The van der Waals surface area contributed by atoms with E-state index in [0.29, 0.717) is 41.8 Å². The second kappa shape index (κ2) is 19.1. The van der Waals surface area contributed by atoms with Crippen molar-refractivity contribution in [3.8, 4) is 17.1 Å². The predicted molar refractivity (Wildman–Crippen MR) is 265 cm³/mol. The van der Waals surface area contributed by atoms with Crippen molar-refractivity contribution in [2.24, 2.45) is 12.5 Å². The summed E-state index contributed by atoms with van der Waals surface area (Å²) in [6, 6.07) is 19.6. The molecule has 1 aliphatic carbocycles. The third-order valence-corrected chi connectivity index (χ3v) is 15.3. The van der Waals surface area contributed by atoms with Crippen LogP contribution in [0.1, 0.15) is 107 Å². The third kappa shape index (κ3) is 9.77. The van der Waals surface area contributed by atoms with Gasteiger partial charge in [0.25, 0.3) is 15.9 Å². The zero-order valence-corrected chi connectivity index (χ0v) is 41.4. The summed E-state index contributed by atoms with van der Waals surface area (Å²) in [7, 11) is -2.94. The lowest BCUT2D eigenvalue weighted by molar-refractivity contribution is -0.135. The minimum absolute atomic E-state index is 0.00383. The Balaban J connectivity index is 0.790. The maximum absolute atomic E-state index is 13.9. The van der Waals surface area contributed by atoms with Gasteiger partial charge in [-0.05, 0) is 126 Å². The summed E-state index contributed by atoms with van der Waals surface area (Å²) in [5.74, 6) is -1.48. The molecule has 4 amide bonds. The van der Waals surface area contributed by atoms with Gasteiger partial charge in [-0.15, -0.1) is 0 Å². The Hall–Kier alpha value is -7.17. The van der Waals surface area contributed by atoms with Crippen LogP contribution < -0.4 is 31.3 Å². The van der Waals surface area contributed by atoms with Gasteiger partial charge < -0.3 is 25.0 Å². The van der Waals surface area contributed by atoms with Crippen molar-refractivity contribution in [3.05, 3.63) is 101 Å². The van der Waals surface area contributed by atoms with Crippen LogP contribution >= 0.6 is 0 Å². The molecule has 4 fully saturated rings. The number of benzene rings is 2. The number of ether oxygens (including phenoxy) is 2. The molecule has 72 heavy (non-hydrogen) atoms. The zero-order chi connectivity index (χ0) is 50.5. The van der Waals surface area contributed by atoms with Gasteiger partial charge in [-0.1, -0.05) is 24.3 Å². The van der Waals surface area contributed by atoms with Crippen molar-refractivity contribution in [2.45, 2.75) is 114 Å². The van der Waals surface area contributed by atoms with Gasteiger partial charge in [-0.2, -0.15) is 18.6 Å². The van der Waals surface area contributed by atoms with E-state index in [1.54, 1.807) is 73.6 Å². The molecule has 2 aromatic carbocycles. The fraction of sp³-hybridized carbons (Fsp3) is 0.440. The number of nitrogens with zero attached hydrogens (tertiary/aromatic N) is 8. The highest BCUT2D eigenvalue weighted by Gasteiger charge is 2.46. The standard InChI is InChI=1S/C50H58N12O9S/c1-49(2,3)71-47(66)57-72(68,69)46-36(54-44(64)35-10-7-9-34(53-35)37-20-23-52-62(37)42-13-5-6-26-70-42)30-60(56-46)33-16-14-31(15-17-33)29-51-32-27-50(28-32)21-24-59(25-22-50)38-11-8-12-39-43(38)58(4)48(67)61(39)40-18-19-41(63)55-45(40)65/h7-12,14-17,20,23,30,32,40,42,51H,5-6,13,18-19,21-22,24-29H2,1-4H3,(H,54,64)(H,57,66)(H,55,63,65). The van der Waals surface area contributed by atoms with E-state index in [1.165, 1.54) is 21.5 Å². The number of imide groups is 1. The lowest BCUT2D eigenvalue weighted by atomic mass is 9.60. The number of aromatic nitrogens is 7. The maximum Gasteiger partial charge on any atom is 0.421 e. The fourth-order valence-electron chi connectivity index (χ4n) is 10.5. The molecular formula is C50H58N12O9S. The molecule has 10 rings (SSSR count). The molecule has 0 radical (unpaired) electrons. The minimum Gasteiger partial charge on any atom is -0.443 e. The van der Waals surface area contributed by atoms with Crippen LogP contribution in [0.4, 0.5) is 16.2 Å². The van der Waals surface area contributed by atoms with E-state index in [1.807, 2.05) is 35.1 Å². The maximum atomic E-state index is 13.9. The molecule has 3 saturated heterocycles. The molecule has 1 saturated carbocycles. The van der Waals surface area contributed by atoms with Crippen molar-refractivity contribution in [1.29, 1.82) is 0 Å². The SMILES string of the molecule is Cn1c(=O)n(C2CCC(=O)NC2=O)c2cccc(N3CCC4(CC3)CC(NCc3ccc(-n5cc(NC(=O)c6cccc(-c7ccnn7C7CCCCO7)n6)c(S(=O)(=O)NC(=O)OC(C)(C)C)n5)cc3)C4)c21. The van der Waals surface area contributed by atoms with Gasteiger partial charge >= 0.3 is 11.8 Å². The third-order valence-electron chi connectivity index (χ3n) is 14.1. The van der Waals surface area contributed by atoms with E-state index >= 15 is 0 Å². The predicted octanol–water partition coefficient (Wildman–Crippen LogP) is 5.47. The summed E-state index contributed by atoms with van der Waals surface area (Å²) in [5, 5.41) is 17.0. The number of para-hydroxylation sites is 1. The second-order valence-corrected chi connectivity index (χ2v) is 21.8. The van der Waals surface area contributed by atoms with Crippen molar-refractivity contribution < 1.29 is 37.1 Å². The first-order chi connectivity index (χ1) is 34.4. The van der Waals surface area contributed by atoms with E-state index < -0.39 is 44.6 Å². The number of fused-ring (bicyclic) bond motifs is 1. The molecule has 378 valence electrons. The number of aryl methyl sites for hydroxylation is 1. The fourth-order valence-corrected chi connectivity index (χ4v) is 11.4. The molecule has 2 unspecified atom stereocenters. The first kappa shape index (κ1) is 48.5. The van der Waals surface area contributed by atoms with E-state index in [9.17, 15) is 32.4 Å². The Morgan fingerprint density at radius 1 is 0.958 bits per heavy atom. The number of carbonyl (C=O) groups excluding carboxylic acids is 4. The molecule has 21 nitrogen and oxygen atoms in total. The topological polar surface area (TPSA) is 248 Å². The van der Waals surface area contributed by atoms with Crippen LogP contribution in [0, 0.1) is 5.41 Å². The quantitative estimate of drug-likeness (QED) is 0.111. The number of sulfonamides is 1. The van der Waals surface area contributed by atoms with Crippen LogP contribution in [-0.4, -0.2) is 97.3 Å². The highest BCUT2D eigenvalue weighted by atomic mass is 32.2. The van der Waals surface area contributed by atoms with Gasteiger partial charge in [0, 0.05) is 51.9 Å². The second-order valence-electron chi connectivity index (χ2n) is 20.2. The highest BCUT2D eigenvalue weighted by molar-refractivity contribution is 7.90. The Morgan fingerprint density at radius 2 is 1.72 bits per heavy atom. The first-order valence-corrected chi connectivity index (χ1v) is 25.8. The zero-order valence-electron chi connectivity index (χ0n) is 40.6. The number of imidazole rings is 1. The van der Waals surface area contributed by atoms with Crippen molar-refractivity contribution in [3.63, 3.8) is 0 Å². The summed E-state index contributed by atoms with van der Waals surface area (Å²) in [4.78, 5) is 71.7. The monoisotopic (exact) mass is 1000 g/mol. The lowest BCUT2D eigenvalue weighted by Crippen LogP contribution is -2.53. The van der Waals surface area contributed by atoms with Crippen molar-refractivity contribution in [2.75, 3.05) is 29.9 Å². The molecule has 4 aromatic heterocycles. The van der Waals surface area contributed by atoms with Gasteiger partial charge in [0.05, 0.1) is 40.0 Å². The Kier molecular flexibility index (Phi) is 12.9. The van der Waals surface area contributed by atoms with Crippen LogP contribution in [0.5, 0.6) is 0 Å². The Morgan fingerprint density at radius 3 is 2.44 bits per heavy atom. The smallest absolute Gasteiger partial charge is 0.421 e. The van der Waals surface area contributed by atoms with Crippen LogP contribution in [-0.2, 0) is 42.7 Å². The molecule has 3 aliphatic heterocycles. The van der Waals surface area contributed by atoms with E-state index in [2.05, 4.69) is 36.0 Å².